The van der Waals surface area contributed by atoms with Crippen molar-refractivity contribution < 1.29 is 58.6 Å². The van der Waals surface area contributed by atoms with Crippen LogP contribution in [0.5, 0.6) is 0 Å². The van der Waals surface area contributed by atoms with Crippen LogP contribution in [-0.4, -0.2) is 97.2 Å². The summed E-state index contributed by atoms with van der Waals surface area (Å²) in [5, 5.41) is 33.0. The fraction of sp³-hybridized carbons (Fsp3) is 0.895. The summed E-state index contributed by atoms with van der Waals surface area (Å²) in [7, 11) is 0. The van der Waals surface area contributed by atoms with E-state index in [1.165, 1.54) is 12.8 Å². The molecule has 0 aromatic rings. The first-order chi connectivity index (χ1) is 24.2. The van der Waals surface area contributed by atoms with E-state index in [1.807, 2.05) is 0 Å². The lowest BCUT2D eigenvalue weighted by atomic mass is 10.1. The molecule has 0 amide bonds. The van der Waals surface area contributed by atoms with Gasteiger partial charge in [-0.2, -0.15) is 0 Å². The van der Waals surface area contributed by atoms with Crippen LogP contribution in [0.15, 0.2) is 0 Å². The normalized spacial score (nSPS) is 10.0. The molecule has 0 unspecified atom stereocenters. The molecule has 0 aliphatic heterocycles. The highest BCUT2D eigenvalue weighted by atomic mass is 16.5. The number of ether oxygens (including phenoxy) is 4. The van der Waals surface area contributed by atoms with E-state index >= 15 is 0 Å². The molecule has 0 radical (unpaired) electrons. The van der Waals surface area contributed by atoms with Crippen molar-refractivity contribution in [1.82, 2.24) is 0 Å². The first kappa shape index (κ1) is 54.5. The Labute approximate surface area is 304 Å². The molecular weight excluding hydrogens is 648 g/mol. The minimum absolute atomic E-state index is 0.0417. The van der Waals surface area contributed by atoms with E-state index in [0.29, 0.717) is 65.3 Å². The molecule has 0 aliphatic carbocycles. The molecule has 0 saturated carbocycles. The van der Waals surface area contributed by atoms with Gasteiger partial charge >= 0.3 is 23.9 Å². The Morgan fingerprint density at radius 2 is 0.680 bits per heavy atom. The molecule has 0 bridgehead atoms. The Hall–Kier alpha value is -2.28. The van der Waals surface area contributed by atoms with Crippen LogP contribution in [0.1, 0.15) is 169 Å². The first-order valence-corrected chi connectivity index (χ1v) is 19.3. The minimum atomic E-state index is -0.675. The van der Waals surface area contributed by atoms with E-state index in [-0.39, 0.29) is 25.2 Å². The average Bonchev–Trinajstić information content (AvgIpc) is 3.09. The number of carbonyl (C=O) groups excluding carboxylic acids is 2. The molecule has 0 fully saturated rings. The largest absolute Gasteiger partial charge is 0.481 e. The topological polar surface area (TPSA) is 186 Å². The Morgan fingerprint density at radius 3 is 0.980 bits per heavy atom. The summed E-state index contributed by atoms with van der Waals surface area (Å²) < 4.78 is 20.0. The molecule has 0 aromatic carbocycles. The van der Waals surface area contributed by atoms with Crippen LogP contribution in [0.25, 0.3) is 0 Å². The second kappa shape index (κ2) is 51.1. The lowest BCUT2D eigenvalue weighted by molar-refractivity contribution is -0.144. The van der Waals surface area contributed by atoms with E-state index in [1.54, 1.807) is 0 Å². The lowest BCUT2D eigenvalue weighted by Crippen LogP contribution is -2.09. The smallest absolute Gasteiger partial charge is 0.305 e. The molecule has 12 heteroatoms. The van der Waals surface area contributed by atoms with Gasteiger partial charge in [0, 0.05) is 25.7 Å². The van der Waals surface area contributed by atoms with Gasteiger partial charge in [0.15, 0.2) is 0 Å². The zero-order valence-electron chi connectivity index (χ0n) is 32.3. The highest BCUT2D eigenvalue weighted by molar-refractivity contribution is 5.69. The van der Waals surface area contributed by atoms with Gasteiger partial charge in [0.05, 0.1) is 52.9 Å². The van der Waals surface area contributed by atoms with Gasteiger partial charge in [0.2, 0.25) is 0 Å². The quantitative estimate of drug-likeness (QED) is 0.0389. The number of rotatable bonds is 32. The third-order valence-corrected chi connectivity index (χ3v) is 6.87. The molecule has 50 heavy (non-hydrogen) atoms. The van der Waals surface area contributed by atoms with Crippen LogP contribution in [0.3, 0.4) is 0 Å². The number of hydrogen-bond acceptors (Lipinski definition) is 10. The van der Waals surface area contributed by atoms with Gasteiger partial charge in [0.25, 0.3) is 0 Å². The molecular formula is C38H76O12. The van der Waals surface area contributed by atoms with Crippen LogP contribution in [0.2, 0.25) is 0 Å². The van der Waals surface area contributed by atoms with Crippen molar-refractivity contribution in [3.05, 3.63) is 0 Å². The zero-order valence-corrected chi connectivity index (χ0v) is 32.3. The molecule has 0 aromatic heterocycles. The number of aliphatic hydroxyl groups excluding tert-OH is 2. The van der Waals surface area contributed by atoms with Gasteiger partial charge in [-0.15, -0.1) is 0 Å². The fourth-order valence-electron chi connectivity index (χ4n) is 3.91. The third kappa shape index (κ3) is 64.3. The molecule has 0 heterocycles. The maximum atomic E-state index is 11.4. The number of unbranched alkanes of at least 4 members (excludes halogenated alkanes) is 13. The third-order valence-electron chi connectivity index (χ3n) is 6.87. The summed E-state index contributed by atoms with van der Waals surface area (Å²) in [5.74, 6) is -1.48. The first-order valence-electron chi connectivity index (χ1n) is 19.3. The summed E-state index contributed by atoms with van der Waals surface area (Å²) in [6.45, 7) is 11.2. The van der Waals surface area contributed by atoms with E-state index in [0.717, 1.165) is 103 Å². The second-order valence-electron chi connectivity index (χ2n) is 11.9. The number of carbonyl (C=O) groups is 4. The summed E-state index contributed by atoms with van der Waals surface area (Å²) in [6, 6.07) is 0. The summed E-state index contributed by atoms with van der Waals surface area (Å²) in [5.41, 5.74) is 0. The predicted octanol–water partition coefficient (Wildman–Crippen LogP) is 7.88. The molecule has 12 nitrogen and oxygen atoms in total. The molecule has 0 saturated heterocycles. The minimum Gasteiger partial charge on any atom is -0.481 e. The lowest BCUT2D eigenvalue weighted by Gasteiger charge is -2.05. The van der Waals surface area contributed by atoms with Gasteiger partial charge in [0.1, 0.15) is 0 Å². The number of carboxylic acid groups (broad SMARTS) is 2. The predicted molar refractivity (Wildman–Crippen MR) is 197 cm³/mol. The van der Waals surface area contributed by atoms with Crippen molar-refractivity contribution in [2.45, 2.75) is 169 Å². The molecule has 0 rings (SSSR count). The molecule has 0 spiro atoms. The van der Waals surface area contributed by atoms with E-state index in [9.17, 15) is 19.2 Å². The molecule has 300 valence electrons. The van der Waals surface area contributed by atoms with Crippen molar-refractivity contribution in [2.24, 2.45) is 0 Å². The number of hydrogen-bond donors (Lipinski definition) is 4. The monoisotopic (exact) mass is 725 g/mol. The van der Waals surface area contributed by atoms with Gasteiger partial charge in [-0.1, -0.05) is 105 Å². The van der Waals surface area contributed by atoms with Crippen LogP contribution in [0.4, 0.5) is 0 Å². The van der Waals surface area contributed by atoms with Crippen molar-refractivity contribution in [1.29, 1.82) is 0 Å². The summed E-state index contributed by atoms with van der Waals surface area (Å²) in [4.78, 5) is 42.6. The number of aliphatic carboxylic acids is 2. The zero-order chi connectivity index (χ0) is 38.4. The standard InChI is InChI=1S/C18H34O4.2C7H14O2.C6H14O4/c1-3-5-15-21-17(19)13-11-9-7-8-10-12-14-18(20)22-16-6-4-2;2*1-2-3-4-5-6-7(8)9;7-1-3-9-5-6-10-4-2-8/h3-16H2,1-2H3;2*2-6H2,1H3,(H,8,9);7-8H,1-6H2. The summed E-state index contributed by atoms with van der Waals surface area (Å²) in [6.07, 6.45) is 20.4. The van der Waals surface area contributed by atoms with Gasteiger partial charge in [-0.3, -0.25) is 19.2 Å². The molecule has 0 aliphatic rings. The van der Waals surface area contributed by atoms with E-state index in [4.69, 9.17) is 39.4 Å². The SMILES string of the molecule is CCCCCCC(=O)O.CCCCCCC(=O)O.CCCCOC(=O)CCCCCCCCC(=O)OCCCC.OCCOCCOCCO. The number of aliphatic hydroxyl groups is 2. The van der Waals surface area contributed by atoms with Crippen LogP contribution >= 0.6 is 0 Å². The highest BCUT2D eigenvalue weighted by Crippen LogP contribution is 2.10. The van der Waals surface area contributed by atoms with Gasteiger partial charge in [-0.05, 0) is 38.5 Å². The van der Waals surface area contributed by atoms with Crippen molar-refractivity contribution in [2.75, 3.05) is 52.9 Å². The summed E-state index contributed by atoms with van der Waals surface area (Å²) >= 11 is 0. The second-order valence-corrected chi connectivity index (χ2v) is 11.9. The number of carboxylic acids is 2. The molecule has 0 atom stereocenters. The Morgan fingerprint density at radius 1 is 0.380 bits per heavy atom. The van der Waals surface area contributed by atoms with Crippen LogP contribution < -0.4 is 0 Å². The van der Waals surface area contributed by atoms with Gasteiger partial charge < -0.3 is 39.4 Å². The van der Waals surface area contributed by atoms with Crippen molar-refractivity contribution in [3.8, 4) is 0 Å². The highest BCUT2D eigenvalue weighted by Gasteiger charge is 2.04. The number of esters is 2. The fourth-order valence-corrected chi connectivity index (χ4v) is 3.91. The van der Waals surface area contributed by atoms with Crippen LogP contribution in [-0.2, 0) is 38.1 Å². The van der Waals surface area contributed by atoms with Crippen LogP contribution in [0, 0.1) is 0 Å². The maximum Gasteiger partial charge on any atom is 0.305 e. The van der Waals surface area contributed by atoms with E-state index < -0.39 is 11.9 Å². The van der Waals surface area contributed by atoms with Gasteiger partial charge in [-0.25, -0.2) is 0 Å². The van der Waals surface area contributed by atoms with Crippen molar-refractivity contribution in [3.63, 3.8) is 0 Å². The maximum absolute atomic E-state index is 11.4. The van der Waals surface area contributed by atoms with Crippen molar-refractivity contribution >= 4 is 23.9 Å². The Bertz CT molecular complexity index is 645. The Balaban J connectivity index is -0.000000314. The molecule has 4 N–H and O–H groups in total. The Kier molecular flexibility index (Phi) is 55.7. The average molecular weight is 725 g/mol. The van der Waals surface area contributed by atoms with E-state index in [2.05, 4.69) is 27.7 Å².